The molecule has 0 saturated carbocycles. The zero-order valence-corrected chi connectivity index (χ0v) is 22.2. The van der Waals surface area contributed by atoms with Gasteiger partial charge in [-0.3, -0.25) is 14.3 Å². The SMILES string of the molecule is COCCNC(=O)c1ccc2nn(CC3CCN(C(=O)c4ccc(Oc5ncccn5)cc4)CC3)cc2c1C. The number of aromatic nitrogens is 4. The first kappa shape index (κ1) is 26.3. The fourth-order valence-corrected chi connectivity index (χ4v) is 4.86. The molecule has 1 N–H and O–H groups in total. The number of piperidine rings is 1. The Balaban J connectivity index is 1.15. The number of nitrogens with one attached hydrogen (secondary N) is 1. The van der Waals surface area contributed by atoms with Gasteiger partial charge in [0.15, 0.2) is 0 Å². The van der Waals surface area contributed by atoms with Crippen molar-refractivity contribution >= 4 is 22.7 Å². The van der Waals surface area contributed by atoms with Gasteiger partial charge in [0.1, 0.15) is 5.75 Å². The van der Waals surface area contributed by atoms with Gasteiger partial charge >= 0.3 is 6.01 Å². The predicted octanol–water partition coefficient (Wildman–Crippen LogP) is 3.86. The summed E-state index contributed by atoms with van der Waals surface area (Å²) in [5, 5.41) is 8.61. The highest BCUT2D eigenvalue weighted by atomic mass is 16.5. The highest BCUT2D eigenvalue weighted by molar-refractivity contribution is 6.00. The molecule has 2 aromatic carbocycles. The van der Waals surface area contributed by atoms with E-state index in [4.69, 9.17) is 14.6 Å². The lowest BCUT2D eigenvalue weighted by Gasteiger charge is -2.32. The summed E-state index contributed by atoms with van der Waals surface area (Å²) in [5.41, 5.74) is 3.07. The van der Waals surface area contributed by atoms with Crippen molar-refractivity contribution in [3.63, 3.8) is 0 Å². The maximum atomic E-state index is 13.1. The van der Waals surface area contributed by atoms with E-state index in [0.717, 1.165) is 35.9 Å². The van der Waals surface area contributed by atoms with Gasteiger partial charge in [-0.05, 0) is 73.7 Å². The van der Waals surface area contributed by atoms with Gasteiger partial charge in [0.05, 0.1) is 12.1 Å². The van der Waals surface area contributed by atoms with Gasteiger partial charge in [-0.15, -0.1) is 0 Å². The molecule has 1 saturated heterocycles. The second-order valence-corrected chi connectivity index (χ2v) is 9.66. The van der Waals surface area contributed by atoms with Crippen LogP contribution in [-0.4, -0.2) is 69.8 Å². The number of carbonyl (C=O) groups excluding carboxylic acids is 2. The van der Waals surface area contributed by atoms with E-state index in [-0.39, 0.29) is 17.8 Å². The first-order valence-electron chi connectivity index (χ1n) is 13.1. The molecule has 1 aliphatic heterocycles. The van der Waals surface area contributed by atoms with Crippen molar-refractivity contribution in [2.75, 3.05) is 33.4 Å². The van der Waals surface area contributed by atoms with Gasteiger partial charge in [0.25, 0.3) is 11.8 Å². The molecule has 0 bridgehead atoms. The minimum Gasteiger partial charge on any atom is -0.424 e. The molecule has 1 aliphatic rings. The largest absolute Gasteiger partial charge is 0.424 e. The van der Waals surface area contributed by atoms with Crippen molar-refractivity contribution in [2.24, 2.45) is 5.92 Å². The Morgan fingerprint density at radius 1 is 1.05 bits per heavy atom. The average Bonchev–Trinajstić information content (AvgIpc) is 3.38. The zero-order chi connectivity index (χ0) is 27.2. The molecule has 0 radical (unpaired) electrons. The molecule has 3 heterocycles. The fraction of sp³-hybridized carbons (Fsp3) is 0.345. The normalized spacial score (nSPS) is 13.9. The Bertz CT molecular complexity index is 1430. The van der Waals surface area contributed by atoms with Crippen LogP contribution in [0.15, 0.2) is 61.1 Å². The quantitative estimate of drug-likeness (QED) is 0.329. The lowest BCUT2D eigenvalue weighted by molar-refractivity contribution is 0.0681. The molecule has 0 atom stereocenters. The van der Waals surface area contributed by atoms with Crippen LogP contribution in [0.3, 0.4) is 0 Å². The Labute approximate surface area is 227 Å². The Morgan fingerprint density at radius 2 is 1.79 bits per heavy atom. The first-order chi connectivity index (χ1) is 19.0. The Hall–Kier alpha value is -4.31. The summed E-state index contributed by atoms with van der Waals surface area (Å²) >= 11 is 0. The summed E-state index contributed by atoms with van der Waals surface area (Å²) in [4.78, 5) is 35.6. The first-order valence-corrected chi connectivity index (χ1v) is 13.1. The van der Waals surface area contributed by atoms with Crippen molar-refractivity contribution < 1.29 is 19.1 Å². The second kappa shape index (κ2) is 12.0. The van der Waals surface area contributed by atoms with E-state index in [9.17, 15) is 9.59 Å². The maximum absolute atomic E-state index is 13.1. The number of carbonyl (C=O) groups is 2. The number of ether oxygens (including phenoxy) is 2. The number of aryl methyl sites for hydroxylation is 1. The minimum atomic E-state index is -0.108. The molecule has 4 aromatic rings. The highest BCUT2D eigenvalue weighted by Crippen LogP contribution is 2.25. The van der Waals surface area contributed by atoms with E-state index < -0.39 is 0 Å². The lowest BCUT2D eigenvalue weighted by atomic mass is 9.96. The van der Waals surface area contributed by atoms with Gasteiger partial charge in [-0.2, -0.15) is 5.10 Å². The molecular formula is C29H32N6O4. The molecule has 0 aliphatic carbocycles. The number of rotatable bonds is 9. The van der Waals surface area contributed by atoms with Crippen LogP contribution >= 0.6 is 0 Å². The third kappa shape index (κ3) is 6.23. The van der Waals surface area contributed by atoms with Crippen LogP contribution in [0.4, 0.5) is 0 Å². The van der Waals surface area contributed by atoms with Crippen molar-refractivity contribution in [1.29, 1.82) is 0 Å². The molecule has 0 spiro atoms. The molecule has 5 rings (SSSR count). The molecule has 0 unspecified atom stereocenters. The minimum absolute atomic E-state index is 0.0210. The van der Waals surface area contributed by atoms with Crippen LogP contribution in [0.25, 0.3) is 10.9 Å². The predicted molar refractivity (Wildman–Crippen MR) is 146 cm³/mol. The highest BCUT2D eigenvalue weighted by Gasteiger charge is 2.24. The second-order valence-electron chi connectivity index (χ2n) is 9.66. The summed E-state index contributed by atoms with van der Waals surface area (Å²) in [6, 6.07) is 12.8. The van der Waals surface area contributed by atoms with Gasteiger partial charge in [-0.1, -0.05) is 0 Å². The van der Waals surface area contributed by atoms with Gasteiger partial charge in [0.2, 0.25) is 0 Å². The Kier molecular flexibility index (Phi) is 8.12. The van der Waals surface area contributed by atoms with E-state index in [0.29, 0.717) is 49.0 Å². The summed E-state index contributed by atoms with van der Waals surface area (Å²) in [7, 11) is 1.61. The molecule has 10 heteroatoms. The van der Waals surface area contributed by atoms with Crippen LogP contribution in [0.1, 0.15) is 39.1 Å². The smallest absolute Gasteiger partial charge is 0.321 e. The molecular weight excluding hydrogens is 496 g/mol. The van der Waals surface area contributed by atoms with Crippen molar-refractivity contribution in [2.45, 2.75) is 26.3 Å². The maximum Gasteiger partial charge on any atom is 0.321 e. The summed E-state index contributed by atoms with van der Waals surface area (Å²) in [5.74, 6) is 0.913. The summed E-state index contributed by atoms with van der Waals surface area (Å²) in [6.07, 6.45) is 7.06. The summed E-state index contributed by atoms with van der Waals surface area (Å²) < 4.78 is 12.6. The third-order valence-corrected chi connectivity index (χ3v) is 7.04. The molecule has 39 heavy (non-hydrogen) atoms. The van der Waals surface area contributed by atoms with Crippen molar-refractivity contribution in [3.8, 4) is 11.8 Å². The average molecular weight is 529 g/mol. The molecule has 1 fully saturated rings. The Morgan fingerprint density at radius 3 is 2.51 bits per heavy atom. The van der Waals surface area contributed by atoms with E-state index in [1.165, 1.54) is 0 Å². The molecule has 2 amide bonds. The number of amides is 2. The van der Waals surface area contributed by atoms with Crippen LogP contribution in [-0.2, 0) is 11.3 Å². The van der Waals surface area contributed by atoms with Crippen LogP contribution < -0.4 is 10.1 Å². The van der Waals surface area contributed by atoms with E-state index in [2.05, 4.69) is 15.3 Å². The third-order valence-electron chi connectivity index (χ3n) is 7.04. The summed E-state index contributed by atoms with van der Waals surface area (Å²) in [6.45, 7) is 5.07. The number of nitrogens with zero attached hydrogens (tertiary/aromatic N) is 5. The van der Waals surface area contributed by atoms with Crippen LogP contribution in [0, 0.1) is 12.8 Å². The number of benzene rings is 2. The zero-order valence-electron chi connectivity index (χ0n) is 22.2. The fourth-order valence-electron chi connectivity index (χ4n) is 4.86. The van der Waals surface area contributed by atoms with Crippen molar-refractivity contribution in [1.82, 2.24) is 30.0 Å². The van der Waals surface area contributed by atoms with Gasteiger partial charge in [0, 0.05) is 68.4 Å². The van der Waals surface area contributed by atoms with Gasteiger partial charge in [-0.25, -0.2) is 9.97 Å². The van der Waals surface area contributed by atoms with Gasteiger partial charge < -0.3 is 19.7 Å². The van der Waals surface area contributed by atoms with Crippen molar-refractivity contribution in [3.05, 3.63) is 77.7 Å². The number of likely N-dealkylation sites (tertiary alicyclic amines) is 1. The van der Waals surface area contributed by atoms with E-state index >= 15 is 0 Å². The van der Waals surface area contributed by atoms with E-state index in [1.54, 1.807) is 49.8 Å². The number of methoxy groups -OCH3 is 1. The lowest BCUT2D eigenvalue weighted by Crippen LogP contribution is -2.39. The van der Waals surface area contributed by atoms with Crippen LogP contribution in [0.2, 0.25) is 0 Å². The molecule has 10 nitrogen and oxygen atoms in total. The monoisotopic (exact) mass is 528 g/mol. The number of fused-ring (bicyclic) bond motifs is 1. The molecule has 2 aromatic heterocycles. The van der Waals surface area contributed by atoms with Crippen LogP contribution in [0.5, 0.6) is 11.8 Å². The topological polar surface area (TPSA) is 111 Å². The standard InChI is InChI=1S/C29H32N6O4/c1-20-24(27(36)30-14-17-38-2)8-9-26-25(20)19-35(33-26)18-21-10-15-34(16-11-21)28(37)22-4-6-23(7-5-22)39-29-31-12-3-13-32-29/h3-9,12-13,19,21H,10-11,14-18H2,1-2H3,(H,30,36). The van der Waals surface area contributed by atoms with E-state index in [1.807, 2.05) is 34.8 Å². The number of hydrogen-bond donors (Lipinski definition) is 1. The molecule has 202 valence electrons. The number of hydrogen-bond acceptors (Lipinski definition) is 7.